The van der Waals surface area contributed by atoms with E-state index in [0.717, 1.165) is 0 Å². The fourth-order valence-electron chi connectivity index (χ4n) is 0.975. The fraction of sp³-hybridized carbons (Fsp3) is 0.500. The monoisotopic (exact) mass is 182 g/mol. The Labute approximate surface area is 79.9 Å². The van der Waals surface area contributed by atoms with Crippen molar-refractivity contribution in [3.63, 3.8) is 0 Å². The van der Waals surface area contributed by atoms with Crippen molar-refractivity contribution in [3.8, 4) is 0 Å². The van der Waals surface area contributed by atoms with Crippen molar-refractivity contribution in [1.29, 1.82) is 0 Å². The zero-order valence-electron chi connectivity index (χ0n) is 8.20. The predicted molar refractivity (Wildman–Crippen MR) is 55.2 cm³/mol. The maximum atomic E-state index is 11.6. The fourth-order valence-corrected chi connectivity index (χ4v) is 0.975. The molecule has 0 saturated carbocycles. The summed E-state index contributed by atoms with van der Waals surface area (Å²) < 4.78 is 0. The maximum absolute atomic E-state index is 11.6. The van der Waals surface area contributed by atoms with Gasteiger partial charge in [0.1, 0.15) is 0 Å². The molecule has 0 saturated heterocycles. The molecule has 0 aromatic carbocycles. The third-order valence-electron chi connectivity index (χ3n) is 1.77. The summed E-state index contributed by atoms with van der Waals surface area (Å²) in [5, 5.41) is 0. The SMILES string of the molecule is C=CCN(CC=C)C(=O)C(N)CC. The average Bonchev–Trinajstić information content (AvgIpc) is 2.15. The molecule has 1 amide bonds. The number of rotatable bonds is 6. The van der Waals surface area contributed by atoms with Gasteiger partial charge in [-0.3, -0.25) is 4.79 Å². The van der Waals surface area contributed by atoms with Gasteiger partial charge in [-0.2, -0.15) is 0 Å². The second-order valence-corrected chi connectivity index (χ2v) is 2.84. The molecule has 3 heteroatoms. The van der Waals surface area contributed by atoms with E-state index >= 15 is 0 Å². The van der Waals surface area contributed by atoms with Crippen molar-refractivity contribution in [3.05, 3.63) is 25.3 Å². The Morgan fingerprint density at radius 1 is 1.46 bits per heavy atom. The molecule has 3 nitrogen and oxygen atoms in total. The van der Waals surface area contributed by atoms with E-state index in [2.05, 4.69) is 13.2 Å². The van der Waals surface area contributed by atoms with Crippen LogP contribution < -0.4 is 5.73 Å². The van der Waals surface area contributed by atoms with Crippen LogP contribution in [0.15, 0.2) is 25.3 Å². The number of hydrogen-bond donors (Lipinski definition) is 1. The molecular formula is C10H18N2O. The van der Waals surface area contributed by atoms with Crippen LogP contribution in [0.4, 0.5) is 0 Å². The van der Waals surface area contributed by atoms with Gasteiger partial charge in [-0.15, -0.1) is 13.2 Å². The number of nitrogens with zero attached hydrogens (tertiary/aromatic N) is 1. The van der Waals surface area contributed by atoms with E-state index in [9.17, 15) is 4.79 Å². The summed E-state index contributed by atoms with van der Waals surface area (Å²) in [6, 6.07) is -0.403. The summed E-state index contributed by atoms with van der Waals surface area (Å²) >= 11 is 0. The van der Waals surface area contributed by atoms with Crippen LogP contribution in [0.25, 0.3) is 0 Å². The third-order valence-corrected chi connectivity index (χ3v) is 1.77. The number of nitrogens with two attached hydrogens (primary N) is 1. The summed E-state index contributed by atoms with van der Waals surface area (Å²) in [5.41, 5.74) is 5.62. The quantitative estimate of drug-likeness (QED) is 0.621. The van der Waals surface area contributed by atoms with E-state index in [1.54, 1.807) is 17.1 Å². The molecule has 74 valence electrons. The number of carbonyl (C=O) groups is 1. The van der Waals surface area contributed by atoms with Gasteiger partial charge >= 0.3 is 0 Å². The van der Waals surface area contributed by atoms with Crippen molar-refractivity contribution < 1.29 is 4.79 Å². The Kier molecular flexibility index (Phi) is 5.89. The molecule has 13 heavy (non-hydrogen) atoms. The van der Waals surface area contributed by atoms with Gasteiger partial charge in [-0.25, -0.2) is 0 Å². The van der Waals surface area contributed by atoms with Crippen LogP contribution in [0.2, 0.25) is 0 Å². The molecule has 1 unspecified atom stereocenters. The van der Waals surface area contributed by atoms with Crippen LogP contribution in [0, 0.1) is 0 Å². The zero-order chi connectivity index (χ0) is 10.3. The summed E-state index contributed by atoms with van der Waals surface area (Å²) in [4.78, 5) is 13.2. The molecule has 0 aromatic heterocycles. The third kappa shape index (κ3) is 3.90. The number of hydrogen-bond acceptors (Lipinski definition) is 2. The summed E-state index contributed by atoms with van der Waals surface area (Å²) in [7, 11) is 0. The van der Waals surface area contributed by atoms with Gasteiger partial charge in [-0.1, -0.05) is 19.1 Å². The molecule has 0 heterocycles. The lowest BCUT2D eigenvalue weighted by molar-refractivity contribution is -0.131. The molecule has 0 rings (SSSR count). The molecule has 0 aliphatic carbocycles. The first-order chi connectivity index (χ1) is 6.17. The summed E-state index contributed by atoms with van der Waals surface area (Å²) in [6.45, 7) is 10.1. The Morgan fingerprint density at radius 3 is 2.23 bits per heavy atom. The first-order valence-corrected chi connectivity index (χ1v) is 4.43. The highest BCUT2D eigenvalue weighted by Crippen LogP contribution is 1.97. The molecule has 0 bridgehead atoms. The van der Waals surface area contributed by atoms with Gasteiger partial charge in [0.2, 0.25) is 5.91 Å². The van der Waals surface area contributed by atoms with Crippen LogP contribution in [0.5, 0.6) is 0 Å². The van der Waals surface area contributed by atoms with Gasteiger partial charge in [0.15, 0.2) is 0 Å². The van der Waals surface area contributed by atoms with Crippen molar-refractivity contribution in [2.45, 2.75) is 19.4 Å². The minimum atomic E-state index is -0.403. The van der Waals surface area contributed by atoms with Crippen LogP contribution in [-0.2, 0) is 4.79 Å². The lowest BCUT2D eigenvalue weighted by Crippen LogP contribution is -2.43. The molecular weight excluding hydrogens is 164 g/mol. The lowest BCUT2D eigenvalue weighted by Gasteiger charge is -2.22. The van der Waals surface area contributed by atoms with E-state index in [1.165, 1.54) is 0 Å². The second kappa shape index (κ2) is 6.43. The van der Waals surface area contributed by atoms with Crippen molar-refractivity contribution in [2.24, 2.45) is 5.73 Å². The Morgan fingerprint density at radius 2 is 1.92 bits per heavy atom. The molecule has 0 fully saturated rings. The summed E-state index contributed by atoms with van der Waals surface area (Å²) in [6.07, 6.45) is 4.02. The summed E-state index contributed by atoms with van der Waals surface area (Å²) in [5.74, 6) is -0.0395. The highest BCUT2D eigenvalue weighted by Gasteiger charge is 2.16. The molecule has 1 atom stereocenters. The number of carbonyl (C=O) groups excluding carboxylic acids is 1. The first-order valence-electron chi connectivity index (χ1n) is 4.43. The van der Waals surface area contributed by atoms with E-state index in [1.807, 2.05) is 6.92 Å². The number of amides is 1. The average molecular weight is 182 g/mol. The van der Waals surface area contributed by atoms with E-state index in [-0.39, 0.29) is 5.91 Å². The molecule has 2 N–H and O–H groups in total. The Bertz CT molecular complexity index is 179. The van der Waals surface area contributed by atoms with E-state index < -0.39 is 6.04 Å². The first kappa shape index (κ1) is 11.9. The van der Waals surface area contributed by atoms with Crippen LogP contribution >= 0.6 is 0 Å². The highest BCUT2D eigenvalue weighted by molar-refractivity contribution is 5.81. The van der Waals surface area contributed by atoms with Crippen LogP contribution in [-0.4, -0.2) is 29.9 Å². The van der Waals surface area contributed by atoms with Gasteiger partial charge in [0, 0.05) is 13.1 Å². The largest absolute Gasteiger partial charge is 0.334 e. The molecule has 0 aromatic rings. The second-order valence-electron chi connectivity index (χ2n) is 2.84. The van der Waals surface area contributed by atoms with Crippen molar-refractivity contribution in [2.75, 3.05) is 13.1 Å². The lowest BCUT2D eigenvalue weighted by atomic mass is 10.2. The Hall–Kier alpha value is -1.09. The van der Waals surface area contributed by atoms with E-state index in [4.69, 9.17) is 5.73 Å². The van der Waals surface area contributed by atoms with Gasteiger partial charge in [0.05, 0.1) is 6.04 Å². The van der Waals surface area contributed by atoms with Gasteiger partial charge in [-0.05, 0) is 6.42 Å². The minimum absolute atomic E-state index is 0.0395. The normalized spacial score (nSPS) is 11.8. The van der Waals surface area contributed by atoms with Crippen molar-refractivity contribution >= 4 is 5.91 Å². The molecule has 0 aliphatic rings. The van der Waals surface area contributed by atoms with Gasteiger partial charge in [0.25, 0.3) is 0 Å². The van der Waals surface area contributed by atoms with Crippen LogP contribution in [0.3, 0.4) is 0 Å². The molecule has 0 radical (unpaired) electrons. The topological polar surface area (TPSA) is 46.3 Å². The smallest absolute Gasteiger partial charge is 0.240 e. The minimum Gasteiger partial charge on any atom is -0.334 e. The highest BCUT2D eigenvalue weighted by atomic mass is 16.2. The Balaban J connectivity index is 4.25. The van der Waals surface area contributed by atoms with E-state index in [0.29, 0.717) is 19.5 Å². The molecule has 0 aliphatic heterocycles. The standard InChI is InChI=1S/C10H18N2O/c1-4-7-12(8-5-2)10(13)9(11)6-3/h4-5,9H,1-2,6-8,11H2,3H3. The molecule has 0 spiro atoms. The van der Waals surface area contributed by atoms with Crippen molar-refractivity contribution in [1.82, 2.24) is 4.90 Å². The zero-order valence-corrected chi connectivity index (χ0v) is 8.20. The van der Waals surface area contributed by atoms with Gasteiger partial charge < -0.3 is 10.6 Å². The van der Waals surface area contributed by atoms with Crippen LogP contribution in [0.1, 0.15) is 13.3 Å². The predicted octanol–water partition coefficient (Wildman–Crippen LogP) is 0.924. The maximum Gasteiger partial charge on any atom is 0.240 e.